The molecule has 1 aromatic heterocycles. The van der Waals surface area contributed by atoms with Crippen molar-refractivity contribution in [3.05, 3.63) is 17.5 Å². The number of hydrogen-bond acceptors (Lipinski definition) is 2. The molecule has 2 rings (SSSR count). The fourth-order valence-corrected chi connectivity index (χ4v) is 2.32. The van der Waals surface area contributed by atoms with Gasteiger partial charge in [0.1, 0.15) is 0 Å². The summed E-state index contributed by atoms with van der Waals surface area (Å²) in [6.07, 6.45) is 1.20. The highest BCUT2D eigenvalue weighted by molar-refractivity contribution is 5.18. The zero-order chi connectivity index (χ0) is 10.2. The molecule has 0 unspecified atom stereocenters. The van der Waals surface area contributed by atoms with E-state index in [1.165, 1.54) is 12.1 Å². The van der Waals surface area contributed by atoms with E-state index >= 15 is 0 Å². The van der Waals surface area contributed by atoms with Crippen LogP contribution in [0.25, 0.3) is 0 Å². The van der Waals surface area contributed by atoms with Crippen LogP contribution in [0.2, 0.25) is 0 Å². The van der Waals surface area contributed by atoms with Crippen molar-refractivity contribution in [2.75, 3.05) is 13.1 Å². The van der Waals surface area contributed by atoms with Crippen LogP contribution in [0.4, 0.5) is 0 Å². The van der Waals surface area contributed by atoms with Gasteiger partial charge in [0, 0.05) is 24.7 Å². The topological polar surface area (TPSA) is 40.7 Å². The zero-order valence-electron chi connectivity index (χ0n) is 9.22. The number of H-pyrrole nitrogens is 1. The Balaban J connectivity index is 2.26. The SMILES string of the molecule is CC[C@@]1(C)CNC[C@H]1c1cc(C)[nH]n1. The van der Waals surface area contributed by atoms with Crippen LogP contribution < -0.4 is 5.32 Å². The summed E-state index contributed by atoms with van der Waals surface area (Å²) in [5.41, 5.74) is 2.75. The van der Waals surface area contributed by atoms with Crippen molar-refractivity contribution >= 4 is 0 Å². The summed E-state index contributed by atoms with van der Waals surface area (Å²) < 4.78 is 0. The molecule has 2 N–H and O–H groups in total. The molecule has 0 aromatic carbocycles. The van der Waals surface area contributed by atoms with E-state index in [0.717, 1.165) is 18.8 Å². The summed E-state index contributed by atoms with van der Waals surface area (Å²) in [5, 5.41) is 10.9. The third kappa shape index (κ3) is 1.46. The Labute approximate surface area is 85.3 Å². The minimum atomic E-state index is 0.377. The summed E-state index contributed by atoms with van der Waals surface area (Å²) in [4.78, 5) is 0. The largest absolute Gasteiger partial charge is 0.315 e. The lowest BCUT2D eigenvalue weighted by molar-refractivity contribution is 0.304. The maximum atomic E-state index is 4.38. The van der Waals surface area contributed by atoms with Crippen molar-refractivity contribution in [3.63, 3.8) is 0 Å². The van der Waals surface area contributed by atoms with Gasteiger partial charge in [-0.15, -0.1) is 0 Å². The van der Waals surface area contributed by atoms with E-state index < -0.39 is 0 Å². The minimum Gasteiger partial charge on any atom is -0.315 e. The average Bonchev–Trinajstić information content (AvgIpc) is 2.73. The molecular formula is C11H19N3. The van der Waals surface area contributed by atoms with Crippen LogP contribution in [0.15, 0.2) is 6.07 Å². The van der Waals surface area contributed by atoms with Crippen LogP contribution in [-0.4, -0.2) is 23.3 Å². The molecule has 1 aliphatic heterocycles. The second kappa shape index (κ2) is 3.39. The molecule has 1 aromatic rings. The van der Waals surface area contributed by atoms with E-state index in [-0.39, 0.29) is 0 Å². The molecule has 14 heavy (non-hydrogen) atoms. The molecule has 0 amide bonds. The Hall–Kier alpha value is -0.830. The number of hydrogen-bond donors (Lipinski definition) is 2. The van der Waals surface area contributed by atoms with Gasteiger partial charge in [0.05, 0.1) is 5.69 Å². The van der Waals surface area contributed by atoms with Gasteiger partial charge >= 0.3 is 0 Å². The molecule has 1 saturated heterocycles. The van der Waals surface area contributed by atoms with E-state index in [9.17, 15) is 0 Å². The molecule has 2 heterocycles. The third-order valence-electron chi connectivity index (χ3n) is 3.61. The van der Waals surface area contributed by atoms with Crippen LogP contribution >= 0.6 is 0 Å². The van der Waals surface area contributed by atoms with Gasteiger partial charge in [-0.25, -0.2) is 0 Å². The Morgan fingerprint density at radius 1 is 1.64 bits per heavy atom. The van der Waals surface area contributed by atoms with Crippen molar-refractivity contribution in [1.82, 2.24) is 15.5 Å². The average molecular weight is 193 g/mol. The first-order valence-electron chi connectivity index (χ1n) is 5.38. The van der Waals surface area contributed by atoms with Crippen LogP contribution in [0.3, 0.4) is 0 Å². The summed E-state index contributed by atoms with van der Waals surface area (Å²) in [7, 11) is 0. The minimum absolute atomic E-state index is 0.377. The van der Waals surface area contributed by atoms with E-state index in [4.69, 9.17) is 0 Å². The van der Waals surface area contributed by atoms with Gasteiger partial charge in [-0.1, -0.05) is 13.8 Å². The molecule has 0 bridgehead atoms. The number of nitrogens with zero attached hydrogens (tertiary/aromatic N) is 1. The predicted octanol–water partition coefficient (Wildman–Crippen LogP) is 1.82. The van der Waals surface area contributed by atoms with E-state index in [0.29, 0.717) is 11.3 Å². The Kier molecular flexibility index (Phi) is 2.35. The quantitative estimate of drug-likeness (QED) is 0.752. The summed E-state index contributed by atoms with van der Waals surface area (Å²) >= 11 is 0. The van der Waals surface area contributed by atoms with Crippen molar-refractivity contribution in [2.24, 2.45) is 5.41 Å². The highest BCUT2D eigenvalue weighted by Crippen LogP contribution is 2.40. The molecule has 0 spiro atoms. The number of aromatic nitrogens is 2. The lowest BCUT2D eigenvalue weighted by Gasteiger charge is -2.27. The first-order chi connectivity index (χ1) is 6.65. The standard InChI is InChI=1S/C11H19N3/c1-4-11(3)7-12-6-9(11)10-5-8(2)13-14-10/h5,9,12H,4,6-7H2,1-3H3,(H,13,14)/t9-,11-/m0/s1. The highest BCUT2D eigenvalue weighted by Gasteiger charge is 2.39. The van der Waals surface area contributed by atoms with Gasteiger partial charge in [-0.2, -0.15) is 5.10 Å². The van der Waals surface area contributed by atoms with Crippen LogP contribution in [-0.2, 0) is 0 Å². The van der Waals surface area contributed by atoms with Gasteiger partial charge in [-0.05, 0) is 24.8 Å². The summed E-state index contributed by atoms with van der Waals surface area (Å²) in [5.74, 6) is 0.567. The van der Waals surface area contributed by atoms with E-state index in [1.54, 1.807) is 0 Å². The molecule has 0 aliphatic carbocycles. The molecule has 2 atom stereocenters. The first kappa shape index (κ1) is 9.71. The molecular weight excluding hydrogens is 174 g/mol. The second-order valence-electron chi connectivity index (χ2n) is 4.67. The van der Waals surface area contributed by atoms with Crippen LogP contribution in [0, 0.1) is 12.3 Å². The van der Waals surface area contributed by atoms with Gasteiger partial charge < -0.3 is 5.32 Å². The Morgan fingerprint density at radius 2 is 2.43 bits per heavy atom. The molecule has 1 fully saturated rings. The Bertz CT molecular complexity index is 318. The first-order valence-corrected chi connectivity index (χ1v) is 5.38. The fraction of sp³-hybridized carbons (Fsp3) is 0.727. The maximum absolute atomic E-state index is 4.38. The van der Waals surface area contributed by atoms with E-state index in [2.05, 4.69) is 42.4 Å². The summed E-state index contributed by atoms with van der Waals surface area (Å²) in [6, 6.07) is 2.17. The zero-order valence-corrected chi connectivity index (χ0v) is 9.22. The highest BCUT2D eigenvalue weighted by atomic mass is 15.1. The number of rotatable bonds is 2. The predicted molar refractivity (Wildman–Crippen MR) is 57.3 cm³/mol. The smallest absolute Gasteiger partial charge is 0.0674 e. The van der Waals surface area contributed by atoms with Crippen LogP contribution in [0.1, 0.15) is 37.6 Å². The molecule has 3 heteroatoms. The van der Waals surface area contributed by atoms with Crippen molar-refractivity contribution in [1.29, 1.82) is 0 Å². The molecule has 0 radical (unpaired) electrons. The number of aromatic amines is 1. The normalized spacial score (nSPS) is 32.4. The lowest BCUT2D eigenvalue weighted by atomic mass is 9.76. The van der Waals surface area contributed by atoms with Crippen molar-refractivity contribution < 1.29 is 0 Å². The van der Waals surface area contributed by atoms with Gasteiger partial charge in [-0.3, -0.25) is 5.10 Å². The third-order valence-corrected chi connectivity index (χ3v) is 3.61. The molecule has 3 nitrogen and oxygen atoms in total. The molecule has 0 saturated carbocycles. The van der Waals surface area contributed by atoms with Crippen molar-refractivity contribution in [3.8, 4) is 0 Å². The Morgan fingerprint density at radius 3 is 3.00 bits per heavy atom. The van der Waals surface area contributed by atoms with Gasteiger partial charge in [0.15, 0.2) is 0 Å². The monoisotopic (exact) mass is 193 g/mol. The number of nitrogens with one attached hydrogen (secondary N) is 2. The van der Waals surface area contributed by atoms with Crippen molar-refractivity contribution in [2.45, 2.75) is 33.1 Å². The van der Waals surface area contributed by atoms with E-state index in [1.807, 2.05) is 0 Å². The van der Waals surface area contributed by atoms with Gasteiger partial charge in [0.25, 0.3) is 0 Å². The van der Waals surface area contributed by atoms with Crippen LogP contribution in [0.5, 0.6) is 0 Å². The lowest BCUT2D eigenvalue weighted by Crippen LogP contribution is -2.24. The number of aryl methyl sites for hydroxylation is 1. The summed E-state index contributed by atoms with van der Waals surface area (Å²) in [6.45, 7) is 8.85. The maximum Gasteiger partial charge on any atom is 0.0674 e. The molecule has 1 aliphatic rings. The fourth-order valence-electron chi connectivity index (χ4n) is 2.32. The second-order valence-corrected chi connectivity index (χ2v) is 4.67. The molecule has 78 valence electrons. The van der Waals surface area contributed by atoms with Gasteiger partial charge in [0.2, 0.25) is 0 Å².